The Labute approximate surface area is 151 Å². The highest BCUT2D eigenvalue weighted by atomic mass is 79.9. The fraction of sp³-hybridized carbons (Fsp3) is 0.316. The van der Waals surface area contributed by atoms with Gasteiger partial charge in [0.25, 0.3) is 0 Å². The number of aryl methyl sites for hydroxylation is 2. The van der Waals surface area contributed by atoms with Crippen molar-refractivity contribution in [2.24, 2.45) is 0 Å². The van der Waals surface area contributed by atoms with Gasteiger partial charge in [0.05, 0.1) is 5.69 Å². The van der Waals surface area contributed by atoms with Crippen molar-refractivity contribution in [3.8, 4) is 5.75 Å². The molecule has 128 valence electrons. The van der Waals surface area contributed by atoms with E-state index >= 15 is 0 Å². The average Bonchev–Trinajstić information content (AvgIpc) is 2.56. The molecule has 5 heteroatoms. The Morgan fingerprint density at radius 2 is 2.00 bits per heavy atom. The number of nitrogens with one attached hydrogen (secondary N) is 1. The van der Waals surface area contributed by atoms with Gasteiger partial charge >= 0.3 is 6.03 Å². The molecule has 2 amide bonds. The standard InChI is InChI=1S/C19H23BrN2O2/c1-5-22(19(23)21-4)17-8-6-7-16(20)15(17)12-24-18-10-9-13(2)11-14(18)3/h6-11H,5,12H2,1-4H3,(H,21,23). The zero-order valence-electron chi connectivity index (χ0n) is 14.5. The molecule has 1 N–H and O–H groups in total. The molecule has 0 saturated carbocycles. The second-order valence-corrected chi connectivity index (χ2v) is 6.45. The van der Waals surface area contributed by atoms with Gasteiger partial charge < -0.3 is 10.1 Å². The normalized spacial score (nSPS) is 10.4. The van der Waals surface area contributed by atoms with Crippen LogP contribution in [0.5, 0.6) is 5.75 Å². The topological polar surface area (TPSA) is 41.6 Å². The number of carbonyl (C=O) groups excluding carboxylic acids is 1. The fourth-order valence-corrected chi connectivity index (χ4v) is 3.08. The zero-order chi connectivity index (χ0) is 17.7. The molecule has 0 atom stereocenters. The van der Waals surface area contributed by atoms with Gasteiger partial charge in [0.15, 0.2) is 0 Å². The van der Waals surface area contributed by atoms with Crippen LogP contribution in [0.1, 0.15) is 23.6 Å². The third-order valence-corrected chi connectivity index (χ3v) is 4.61. The molecule has 0 unspecified atom stereocenters. The maximum atomic E-state index is 12.1. The number of amides is 2. The second-order valence-electron chi connectivity index (χ2n) is 5.59. The number of hydrogen-bond acceptors (Lipinski definition) is 2. The largest absolute Gasteiger partial charge is 0.489 e. The van der Waals surface area contributed by atoms with Crippen LogP contribution in [0.2, 0.25) is 0 Å². The van der Waals surface area contributed by atoms with Crippen molar-refractivity contribution in [1.82, 2.24) is 5.32 Å². The first-order valence-electron chi connectivity index (χ1n) is 7.94. The van der Waals surface area contributed by atoms with E-state index in [1.807, 2.05) is 44.2 Å². The fourth-order valence-electron chi connectivity index (χ4n) is 2.61. The van der Waals surface area contributed by atoms with Gasteiger partial charge in [-0.15, -0.1) is 0 Å². The number of halogens is 1. The molecule has 0 heterocycles. The number of hydrogen-bond donors (Lipinski definition) is 1. The minimum absolute atomic E-state index is 0.136. The van der Waals surface area contributed by atoms with Crippen molar-refractivity contribution < 1.29 is 9.53 Å². The molecule has 0 bridgehead atoms. The molecular weight excluding hydrogens is 368 g/mol. The monoisotopic (exact) mass is 390 g/mol. The predicted octanol–water partition coefficient (Wildman–Crippen LogP) is 4.81. The van der Waals surface area contributed by atoms with E-state index in [0.29, 0.717) is 13.2 Å². The molecule has 4 nitrogen and oxygen atoms in total. The van der Waals surface area contributed by atoms with E-state index in [4.69, 9.17) is 4.74 Å². The number of rotatable bonds is 5. The van der Waals surface area contributed by atoms with Crippen LogP contribution in [0.3, 0.4) is 0 Å². The van der Waals surface area contributed by atoms with Gasteiger partial charge in [0.2, 0.25) is 0 Å². The van der Waals surface area contributed by atoms with E-state index in [9.17, 15) is 4.79 Å². The third kappa shape index (κ3) is 4.09. The lowest BCUT2D eigenvalue weighted by molar-refractivity contribution is 0.248. The summed E-state index contributed by atoms with van der Waals surface area (Å²) in [5.74, 6) is 0.852. The van der Waals surface area contributed by atoms with Crippen molar-refractivity contribution in [2.75, 3.05) is 18.5 Å². The van der Waals surface area contributed by atoms with Crippen molar-refractivity contribution in [2.45, 2.75) is 27.4 Å². The lowest BCUT2D eigenvalue weighted by Crippen LogP contribution is -2.38. The molecule has 0 aliphatic rings. The number of anilines is 1. The summed E-state index contributed by atoms with van der Waals surface area (Å²) in [5.41, 5.74) is 4.10. The summed E-state index contributed by atoms with van der Waals surface area (Å²) in [6, 6.07) is 11.8. The average molecular weight is 391 g/mol. The summed E-state index contributed by atoms with van der Waals surface area (Å²) in [7, 11) is 1.63. The first-order chi connectivity index (χ1) is 11.5. The summed E-state index contributed by atoms with van der Waals surface area (Å²) in [6.45, 7) is 7.00. The highest BCUT2D eigenvalue weighted by Crippen LogP contribution is 2.30. The Bertz CT molecular complexity index is 731. The number of benzene rings is 2. The van der Waals surface area contributed by atoms with Gasteiger partial charge in [-0.2, -0.15) is 0 Å². The molecular formula is C19H23BrN2O2. The molecule has 0 radical (unpaired) electrons. The number of ether oxygens (including phenoxy) is 1. The Balaban J connectivity index is 2.31. The maximum Gasteiger partial charge on any atom is 0.321 e. The molecule has 2 aromatic carbocycles. The SMILES string of the molecule is CCN(C(=O)NC)c1cccc(Br)c1COc1ccc(C)cc1C. The van der Waals surface area contributed by atoms with E-state index in [1.54, 1.807) is 11.9 Å². The Kier molecular flexibility index (Phi) is 6.26. The highest BCUT2D eigenvalue weighted by Gasteiger charge is 2.18. The molecule has 2 aromatic rings. The van der Waals surface area contributed by atoms with Crippen LogP contribution in [-0.4, -0.2) is 19.6 Å². The van der Waals surface area contributed by atoms with Crippen molar-refractivity contribution in [1.29, 1.82) is 0 Å². The highest BCUT2D eigenvalue weighted by molar-refractivity contribution is 9.10. The summed E-state index contributed by atoms with van der Waals surface area (Å²) < 4.78 is 6.94. The first kappa shape index (κ1) is 18.3. The maximum absolute atomic E-state index is 12.1. The third-order valence-electron chi connectivity index (χ3n) is 3.86. The molecule has 0 aliphatic heterocycles. The van der Waals surface area contributed by atoms with E-state index in [0.717, 1.165) is 27.0 Å². The van der Waals surface area contributed by atoms with Crippen LogP contribution < -0.4 is 15.0 Å². The summed E-state index contributed by atoms with van der Waals surface area (Å²) in [5, 5.41) is 2.68. The van der Waals surface area contributed by atoms with Crippen LogP contribution in [0.4, 0.5) is 10.5 Å². The van der Waals surface area contributed by atoms with Gasteiger partial charge in [-0.25, -0.2) is 4.79 Å². The lowest BCUT2D eigenvalue weighted by Gasteiger charge is -2.24. The van der Waals surface area contributed by atoms with Crippen LogP contribution >= 0.6 is 15.9 Å². The van der Waals surface area contributed by atoms with E-state index in [2.05, 4.69) is 34.2 Å². The number of nitrogens with zero attached hydrogens (tertiary/aromatic N) is 1. The molecule has 0 aliphatic carbocycles. The molecule has 24 heavy (non-hydrogen) atoms. The molecule has 0 saturated heterocycles. The molecule has 0 aromatic heterocycles. The zero-order valence-corrected chi connectivity index (χ0v) is 16.1. The Morgan fingerprint density at radius 3 is 2.62 bits per heavy atom. The van der Waals surface area contributed by atoms with Gasteiger partial charge in [-0.05, 0) is 44.5 Å². The van der Waals surface area contributed by atoms with Crippen LogP contribution in [0.15, 0.2) is 40.9 Å². The Hall–Kier alpha value is -2.01. The predicted molar refractivity (Wildman–Crippen MR) is 102 cm³/mol. The number of urea groups is 1. The van der Waals surface area contributed by atoms with Crippen LogP contribution in [0.25, 0.3) is 0 Å². The van der Waals surface area contributed by atoms with E-state index < -0.39 is 0 Å². The lowest BCUT2D eigenvalue weighted by atomic mass is 10.1. The molecule has 0 fully saturated rings. The number of carbonyl (C=O) groups is 1. The minimum atomic E-state index is -0.136. The van der Waals surface area contributed by atoms with Gasteiger partial charge in [-0.3, -0.25) is 4.90 Å². The van der Waals surface area contributed by atoms with Crippen LogP contribution in [-0.2, 0) is 6.61 Å². The van der Waals surface area contributed by atoms with Gasteiger partial charge in [0.1, 0.15) is 12.4 Å². The van der Waals surface area contributed by atoms with E-state index in [-0.39, 0.29) is 6.03 Å². The smallest absolute Gasteiger partial charge is 0.321 e. The summed E-state index contributed by atoms with van der Waals surface area (Å²) in [6.07, 6.45) is 0. The van der Waals surface area contributed by atoms with E-state index in [1.165, 1.54) is 5.56 Å². The second kappa shape index (κ2) is 8.20. The minimum Gasteiger partial charge on any atom is -0.489 e. The first-order valence-corrected chi connectivity index (χ1v) is 8.74. The van der Waals surface area contributed by atoms with Crippen molar-refractivity contribution in [3.63, 3.8) is 0 Å². The van der Waals surface area contributed by atoms with Crippen molar-refractivity contribution >= 4 is 27.6 Å². The quantitative estimate of drug-likeness (QED) is 0.795. The Morgan fingerprint density at radius 1 is 1.25 bits per heavy atom. The van der Waals surface area contributed by atoms with Crippen LogP contribution in [0, 0.1) is 13.8 Å². The summed E-state index contributed by atoms with van der Waals surface area (Å²) in [4.78, 5) is 13.8. The van der Waals surface area contributed by atoms with Gasteiger partial charge in [-0.1, -0.05) is 39.7 Å². The van der Waals surface area contributed by atoms with Gasteiger partial charge in [0, 0.05) is 23.6 Å². The summed E-state index contributed by atoms with van der Waals surface area (Å²) >= 11 is 3.58. The molecule has 2 rings (SSSR count). The molecule has 0 spiro atoms. The van der Waals surface area contributed by atoms with Crippen molar-refractivity contribution in [3.05, 3.63) is 57.6 Å².